The van der Waals surface area contributed by atoms with Crippen LogP contribution in [0.5, 0.6) is 0 Å². The molecule has 0 aromatic heterocycles. The zero-order valence-corrected chi connectivity index (χ0v) is 5.96. The molecule has 3 N–H and O–H groups in total. The van der Waals surface area contributed by atoms with E-state index >= 15 is 0 Å². The summed E-state index contributed by atoms with van der Waals surface area (Å²) in [5.41, 5.74) is 0. The average Bonchev–Trinajstić information content (AvgIpc) is 1.19. The van der Waals surface area contributed by atoms with Gasteiger partial charge in [0, 0.05) is 0 Å². The predicted octanol–water partition coefficient (Wildman–Crippen LogP) is -0.697. The zero-order valence-electron chi connectivity index (χ0n) is 3.91. The van der Waals surface area contributed by atoms with E-state index in [0.29, 0.717) is 0 Å². The van der Waals surface area contributed by atoms with Crippen molar-refractivity contribution in [2.24, 2.45) is 0 Å². The van der Waals surface area contributed by atoms with Gasteiger partial charge >= 0.3 is 42.2 Å². The Morgan fingerprint density at radius 1 is 1.10 bits per heavy atom. The Morgan fingerprint density at radius 3 is 1.10 bits per heavy atom. The second-order valence-electron chi connectivity index (χ2n) is 0.761. The van der Waals surface area contributed by atoms with Crippen molar-refractivity contribution in [1.82, 2.24) is 0 Å². The van der Waals surface area contributed by atoms with E-state index in [2.05, 4.69) is 0 Å². The molecule has 0 saturated heterocycles. The van der Waals surface area contributed by atoms with Gasteiger partial charge in [0.2, 0.25) is 0 Å². The van der Waals surface area contributed by atoms with Crippen molar-refractivity contribution in [2.45, 2.75) is 0 Å². The minimum atomic E-state index is -4.64. The van der Waals surface area contributed by atoms with Crippen molar-refractivity contribution in [3.63, 3.8) is 0 Å². The van der Waals surface area contributed by atoms with E-state index in [9.17, 15) is 10.6 Å². The van der Waals surface area contributed by atoms with Crippen molar-refractivity contribution in [1.29, 1.82) is 0 Å². The topological polar surface area (TPSA) is 77.8 Å². The van der Waals surface area contributed by atoms with Gasteiger partial charge in [-0.25, -0.2) is 4.57 Å². The number of halogens is 3. The fourth-order valence-electron chi connectivity index (χ4n) is 0. The zero-order chi connectivity index (χ0) is 8.08. The molecule has 0 aromatic rings. The summed E-state index contributed by atoms with van der Waals surface area (Å²) in [4.78, 5) is 21.6. The number of hydrogen-bond acceptors (Lipinski definition) is 1. The molecule has 0 aliphatic carbocycles. The van der Waals surface area contributed by atoms with Crippen LogP contribution in [0.4, 0.5) is 10.6 Å². The van der Waals surface area contributed by atoms with Gasteiger partial charge in [0.15, 0.2) is 0 Å². The molecule has 0 rings (SSSR count). The molecule has 0 bridgehead atoms. The third kappa shape index (κ3) is 549. The normalized spacial score (nSPS) is 8.60. The molecule has 0 aliphatic rings. The Kier molecular flexibility index (Phi) is 14.0. The first-order valence-electron chi connectivity index (χ1n) is 1.44. The van der Waals surface area contributed by atoms with Crippen LogP contribution in [0.3, 0.4) is 0 Å². The summed E-state index contributed by atoms with van der Waals surface area (Å²) in [5, 5.41) is 0. The Morgan fingerprint density at radius 2 is 1.10 bits per heavy atom. The second-order valence-corrected chi connectivity index (χ2v) is 2.28. The van der Waals surface area contributed by atoms with Crippen LogP contribution in [0.25, 0.3) is 0 Å². The second kappa shape index (κ2) is 8.13. The molecule has 0 heterocycles. The summed E-state index contributed by atoms with van der Waals surface area (Å²) < 4.78 is 38.3. The van der Waals surface area contributed by atoms with Crippen molar-refractivity contribution in [3.05, 3.63) is 0 Å². The van der Waals surface area contributed by atoms with E-state index in [4.69, 9.17) is 19.2 Å². The van der Waals surface area contributed by atoms with Crippen molar-refractivity contribution in [2.75, 3.05) is 0 Å². The number of rotatable bonds is 0. The first-order valence-corrected chi connectivity index (χ1v) is 4.31. The van der Waals surface area contributed by atoms with Gasteiger partial charge < -0.3 is 25.3 Å². The number of phosphoric acid groups is 1. The van der Waals surface area contributed by atoms with E-state index < -0.39 is 23.4 Å². The molecule has 0 radical (unpaired) electrons. The monoisotopic (exact) mass is 190 g/mol. The van der Waals surface area contributed by atoms with Gasteiger partial charge in [-0.3, -0.25) is 0 Å². The Labute approximate surface area is 72.3 Å². The molecular formula is H4AlF3LiO4P. The molecule has 0 fully saturated rings. The van der Waals surface area contributed by atoms with Crippen LogP contribution in [0.1, 0.15) is 0 Å². The van der Waals surface area contributed by atoms with Gasteiger partial charge in [-0.1, -0.05) is 0 Å². The van der Waals surface area contributed by atoms with E-state index in [1.165, 1.54) is 0 Å². The van der Waals surface area contributed by atoms with Gasteiger partial charge in [0.05, 0.1) is 0 Å². The van der Waals surface area contributed by atoms with Gasteiger partial charge in [0.1, 0.15) is 0 Å². The summed E-state index contributed by atoms with van der Waals surface area (Å²) in [6.07, 6.45) is 0. The van der Waals surface area contributed by atoms with Gasteiger partial charge in [0.25, 0.3) is 0 Å². The molecule has 0 atom stereocenters. The summed E-state index contributed by atoms with van der Waals surface area (Å²) >= 11 is -4.64. The van der Waals surface area contributed by atoms with Crippen molar-refractivity contribution < 1.29 is 29.8 Å². The molecule has 0 amide bonds. The van der Waals surface area contributed by atoms with E-state index in [-0.39, 0.29) is 18.9 Å². The maximum absolute atomic E-state index is 9.81. The minimum absolute atomic E-state index is 0. The molecule has 0 saturated carbocycles. The third-order valence-corrected chi connectivity index (χ3v) is 0. The van der Waals surface area contributed by atoms with Crippen molar-refractivity contribution >= 4 is 42.2 Å². The standard InChI is InChI=1S/Al.3FH.Li.H3O4P.H/c;;;;;1-5(2,3)4;/h;3*1H;;(H3,1,2,3,4);/q+3;;;;;;/p-3. The Bertz CT molecular complexity index is 91.7. The summed E-state index contributed by atoms with van der Waals surface area (Å²) in [7, 11) is -4.64. The van der Waals surface area contributed by atoms with Crippen LogP contribution >= 0.6 is 7.82 Å². The first kappa shape index (κ1) is 17.2. The summed E-state index contributed by atoms with van der Waals surface area (Å²) in [6.45, 7) is 0. The van der Waals surface area contributed by atoms with Crippen molar-refractivity contribution in [3.8, 4) is 0 Å². The summed E-state index contributed by atoms with van der Waals surface area (Å²) in [5.74, 6) is 0. The van der Waals surface area contributed by atoms with Crippen LogP contribution in [-0.4, -0.2) is 49.1 Å². The maximum atomic E-state index is 9.81. The first-order chi connectivity index (χ1) is 3.73. The molecular weight excluding hydrogens is 186 g/mol. The third-order valence-electron chi connectivity index (χ3n) is 0. The van der Waals surface area contributed by atoms with Crippen LogP contribution in [0.2, 0.25) is 0 Å². The van der Waals surface area contributed by atoms with E-state index in [0.717, 1.165) is 0 Å². The molecule has 10 heavy (non-hydrogen) atoms. The van der Waals surface area contributed by atoms with E-state index in [1.54, 1.807) is 0 Å². The SMILES string of the molecule is O=P(O)(O)O.[F][Al]([F])[F].[LiH]. The molecule has 10 heteroatoms. The fourth-order valence-corrected chi connectivity index (χ4v) is 0. The molecule has 4 nitrogen and oxygen atoms in total. The fraction of sp³-hybridized carbons (Fsp3) is 0. The molecule has 0 unspecified atom stereocenters. The number of hydrogen-bond donors (Lipinski definition) is 3. The van der Waals surface area contributed by atoms with Crippen LogP contribution in [0.15, 0.2) is 0 Å². The van der Waals surface area contributed by atoms with Gasteiger partial charge in [-0.15, -0.1) is 0 Å². The molecule has 0 spiro atoms. The van der Waals surface area contributed by atoms with Crippen LogP contribution < -0.4 is 0 Å². The molecule has 0 aliphatic heterocycles. The van der Waals surface area contributed by atoms with Crippen LogP contribution in [-0.2, 0) is 4.57 Å². The van der Waals surface area contributed by atoms with E-state index in [1.807, 2.05) is 0 Å². The van der Waals surface area contributed by atoms with Crippen LogP contribution in [0, 0.1) is 0 Å². The average molecular weight is 190 g/mol. The predicted molar refractivity (Wildman–Crippen MR) is 30.5 cm³/mol. The molecule has 58 valence electrons. The quantitative estimate of drug-likeness (QED) is 0.348. The Balaban J connectivity index is -0.0000000910. The Hall–Kier alpha value is 1.03. The van der Waals surface area contributed by atoms with Gasteiger partial charge in [-0.05, 0) is 0 Å². The summed E-state index contributed by atoms with van der Waals surface area (Å²) in [6, 6.07) is 0. The van der Waals surface area contributed by atoms with Gasteiger partial charge in [-0.2, -0.15) is 0 Å². The molecule has 0 aromatic carbocycles.